The molecule has 0 saturated heterocycles. The van der Waals surface area contributed by atoms with E-state index in [1.165, 1.54) is 6.07 Å². The van der Waals surface area contributed by atoms with Crippen molar-refractivity contribution in [3.05, 3.63) is 88.5 Å². The smallest absolute Gasteiger partial charge is 0.262 e. The zero-order valence-corrected chi connectivity index (χ0v) is 19.3. The van der Waals surface area contributed by atoms with Crippen molar-refractivity contribution in [1.82, 2.24) is 0 Å². The molecule has 5 nitrogen and oxygen atoms in total. The summed E-state index contributed by atoms with van der Waals surface area (Å²) in [5.74, 6) is -0.108. The third kappa shape index (κ3) is 5.33. The number of benzene rings is 3. The Balaban J connectivity index is 1.91. The van der Waals surface area contributed by atoms with Crippen LogP contribution in [0.3, 0.4) is 0 Å². The van der Waals surface area contributed by atoms with Gasteiger partial charge in [-0.15, -0.1) is 0 Å². The highest BCUT2D eigenvalue weighted by molar-refractivity contribution is 7.92. The fourth-order valence-corrected chi connectivity index (χ4v) is 4.90. The highest BCUT2D eigenvalue weighted by atomic mass is 32.2. The standard InChI is InChI=1S/C25H28N2O3S/c1-16(2)22-8-6-7-9-23(22)26-25(28)20-11-10-19(5)24(15-20)31(29,30)27-21-13-17(3)12-18(4)14-21/h6-16,27H,1-5H3,(H,26,28). The first kappa shape index (κ1) is 22.6. The zero-order valence-electron chi connectivity index (χ0n) is 18.5. The van der Waals surface area contributed by atoms with Crippen LogP contribution in [-0.2, 0) is 10.0 Å². The minimum atomic E-state index is -3.86. The van der Waals surface area contributed by atoms with E-state index in [9.17, 15) is 13.2 Å². The van der Waals surface area contributed by atoms with Crippen molar-refractivity contribution in [2.45, 2.75) is 45.4 Å². The Morgan fingerprint density at radius 3 is 2.16 bits per heavy atom. The molecule has 0 aliphatic carbocycles. The first-order valence-electron chi connectivity index (χ1n) is 10.2. The third-order valence-electron chi connectivity index (χ3n) is 5.04. The largest absolute Gasteiger partial charge is 0.322 e. The van der Waals surface area contributed by atoms with Gasteiger partial charge in [0.2, 0.25) is 0 Å². The van der Waals surface area contributed by atoms with Crippen molar-refractivity contribution in [2.24, 2.45) is 0 Å². The molecule has 2 N–H and O–H groups in total. The normalized spacial score (nSPS) is 11.4. The summed E-state index contributed by atoms with van der Waals surface area (Å²) in [6.07, 6.45) is 0. The second-order valence-electron chi connectivity index (χ2n) is 8.16. The number of hydrogen-bond acceptors (Lipinski definition) is 3. The molecule has 0 fully saturated rings. The van der Waals surface area contributed by atoms with Gasteiger partial charge < -0.3 is 5.32 Å². The lowest BCUT2D eigenvalue weighted by Gasteiger charge is -2.15. The Labute approximate surface area is 184 Å². The van der Waals surface area contributed by atoms with E-state index in [0.717, 1.165) is 22.4 Å². The number of para-hydroxylation sites is 1. The van der Waals surface area contributed by atoms with Crippen molar-refractivity contribution >= 4 is 27.3 Å². The molecule has 0 aromatic heterocycles. The van der Waals surface area contributed by atoms with Crippen LogP contribution in [0.4, 0.5) is 11.4 Å². The molecule has 0 bridgehead atoms. The topological polar surface area (TPSA) is 75.3 Å². The van der Waals surface area contributed by atoms with Gasteiger partial charge in [-0.2, -0.15) is 0 Å². The van der Waals surface area contributed by atoms with Gasteiger partial charge in [0.05, 0.1) is 4.90 Å². The minimum Gasteiger partial charge on any atom is -0.322 e. The van der Waals surface area contributed by atoms with Crippen LogP contribution in [0, 0.1) is 20.8 Å². The van der Waals surface area contributed by atoms with Gasteiger partial charge in [0.15, 0.2) is 0 Å². The highest BCUT2D eigenvalue weighted by Gasteiger charge is 2.20. The Morgan fingerprint density at radius 1 is 0.871 bits per heavy atom. The molecule has 0 aliphatic heterocycles. The summed E-state index contributed by atoms with van der Waals surface area (Å²) in [5.41, 5.74) is 5.02. The molecule has 3 aromatic rings. The van der Waals surface area contributed by atoms with Crippen LogP contribution < -0.4 is 10.0 Å². The molecule has 162 valence electrons. The maximum Gasteiger partial charge on any atom is 0.262 e. The van der Waals surface area contributed by atoms with Crippen LogP contribution in [0.1, 0.15) is 52.4 Å². The van der Waals surface area contributed by atoms with E-state index in [4.69, 9.17) is 0 Å². The molecule has 31 heavy (non-hydrogen) atoms. The molecule has 0 radical (unpaired) electrons. The maximum atomic E-state index is 13.1. The Hall–Kier alpha value is -3.12. The SMILES string of the molecule is Cc1cc(C)cc(NS(=O)(=O)c2cc(C(=O)Nc3ccccc3C(C)C)ccc2C)c1. The molecular weight excluding hydrogens is 408 g/mol. The van der Waals surface area contributed by atoms with Gasteiger partial charge in [-0.25, -0.2) is 8.42 Å². The quantitative estimate of drug-likeness (QED) is 0.514. The lowest BCUT2D eigenvalue weighted by atomic mass is 10.0. The van der Waals surface area contributed by atoms with Crippen molar-refractivity contribution in [1.29, 1.82) is 0 Å². The van der Waals surface area contributed by atoms with Gasteiger partial charge in [-0.1, -0.05) is 44.2 Å². The summed E-state index contributed by atoms with van der Waals surface area (Å²) >= 11 is 0. The number of nitrogens with one attached hydrogen (secondary N) is 2. The lowest BCUT2D eigenvalue weighted by Crippen LogP contribution is -2.17. The third-order valence-corrected chi connectivity index (χ3v) is 6.57. The molecule has 0 unspecified atom stereocenters. The summed E-state index contributed by atoms with van der Waals surface area (Å²) in [5, 5.41) is 2.92. The first-order chi connectivity index (χ1) is 14.6. The van der Waals surface area contributed by atoms with E-state index in [2.05, 4.69) is 23.9 Å². The average molecular weight is 437 g/mol. The summed E-state index contributed by atoms with van der Waals surface area (Å²) in [4.78, 5) is 13.0. The van der Waals surface area contributed by atoms with Gasteiger partial charge in [0.1, 0.15) is 0 Å². The number of aryl methyl sites for hydroxylation is 3. The van der Waals surface area contributed by atoms with Crippen LogP contribution in [0.25, 0.3) is 0 Å². The van der Waals surface area contributed by atoms with Crippen molar-refractivity contribution in [2.75, 3.05) is 10.0 Å². The molecule has 1 amide bonds. The molecular formula is C25H28N2O3S. The minimum absolute atomic E-state index is 0.0800. The fraction of sp³-hybridized carbons (Fsp3) is 0.240. The van der Waals surface area contributed by atoms with E-state index in [1.807, 2.05) is 44.2 Å². The predicted molar refractivity (Wildman–Crippen MR) is 126 cm³/mol. The van der Waals surface area contributed by atoms with E-state index in [-0.39, 0.29) is 22.3 Å². The van der Waals surface area contributed by atoms with Crippen LogP contribution >= 0.6 is 0 Å². The molecule has 3 rings (SSSR count). The Kier molecular flexibility index (Phi) is 6.51. The second-order valence-corrected chi connectivity index (χ2v) is 9.81. The summed E-state index contributed by atoms with van der Waals surface area (Å²) in [6.45, 7) is 9.65. The highest BCUT2D eigenvalue weighted by Crippen LogP contribution is 2.26. The predicted octanol–water partition coefficient (Wildman–Crippen LogP) is 5.79. The van der Waals surface area contributed by atoms with Crippen LogP contribution in [0.15, 0.2) is 65.6 Å². The molecule has 0 atom stereocenters. The number of carbonyl (C=O) groups is 1. The Morgan fingerprint density at radius 2 is 1.52 bits per heavy atom. The van der Waals surface area contributed by atoms with Gasteiger partial charge >= 0.3 is 0 Å². The number of rotatable bonds is 6. The molecule has 6 heteroatoms. The average Bonchev–Trinajstić information content (AvgIpc) is 2.67. The molecule has 0 aliphatic rings. The van der Waals surface area contributed by atoms with Crippen molar-refractivity contribution in [3.63, 3.8) is 0 Å². The molecule has 3 aromatic carbocycles. The summed E-state index contributed by atoms with van der Waals surface area (Å²) in [7, 11) is -3.86. The van der Waals surface area contributed by atoms with Crippen LogP contribution in [0.5, 0.6) is 0 Å². The van der Waals surface area contributed by atoms with Gasteiger partial charge in [0, 0.05) is 16.9 Å². The van der Waals surface area contributed by atoms with Gasteiger partial charge in [-0.05, 0) is 79.3 Å². The van der Waals surface area contributed by atoms with Crippen LogP contribution in [0.2, 0.25) is 0 Å². The van der Waals surface area contributed by atoms with E-state index >= 15 is 0 Å². The summed E-state index contributed by atoms with van der Waals surface area (Å²) in [6, 6.07) is 17.9. The zero-order chi connectivity index (χ0) is 22.8. The van der Waals surface area contributed by atoms with Crippen LogP contribution in [-0.4, -0.2) is 14.3 Å². The fourth-order valence-electron chi connectivity index (χ4n) is 3.58. The lowest BCUT2D eigenvalue weighted by molar-refractivity contribution is 0.102. The van der Waals surface area contributed by atoms with Gasteiger partial charge in [0.25, 0.3) is 15.9 Å². The maximum absolute atomic E-state index is 13.1. The van der Waals surface area contributed by atoms with Crippen molar-refractivity contribution < 1.29 is 13.2 Å². The molecule has 0 saturated carbocycles. The van der Waals surface area contributed by atoms with E-state index in [1.54, 1.807) is 31.2 Å². The first-order valence-corrected chi connectivity index (χ1v) is 11.7. The second kappa shape index (κ2) is 8.94. The summed E-state index contributed by atoms with van der Waals surface area (Å²) < 4.78 is 28.8. The van der Waals surface area contributed by atoms with E-state index < -0.39 is 10.0 Å². The monoisotopic (exact) mass is 436 g/mol. The van der Waals surface area contributed by atoms with Gasteiger partial charge in [-0.3, -0.25) is 9.52 Å². The number of carbonyl (C=O) groups excluding carboxylic acids is 1. The number of amides is 1. The van der Waals surface area contributed by atoms with Crippen molar-refractivity contribution in [3.8, 4) is 0 Å². The number of anilines is 2. The Bertz CT molecular complexity index is 1210. The number of sulfonamides is 1. The molecule has 0 heterocycles. The molecule has 0 spiro atoms. The number of hydrogen-bond donors (Lipinski definition) is 2. The van der Waals surface area contributed by atoms with E-state index in [0.29, 0.717) is 11.3 Å².